The first-order valence-electron chi connectivity index (χ1n) is 6.52. The number of carbonyl (C=O) groups excluding carboxylic acids is 1. The van der Waals surface area contributed by atoms with E-state index in [2.05, 4.69) is 0 Å². The number of nitrogens with zero attached hydrogens (tertiary/aromatic N) is 1. The first kappa shape index (κ1) is 13.8. The molecule has 0 spiro atoms. The molecule has 5 nitrogen and oxygen atoms in total. The highest BCUT2D eigenvalue weighted by Crippen LogP contribution is 2.24. The number of benzene rings is 1. The van der Waals surface area contributed by atoms with Gasteiger partial charge in [-0.15, -0.1) is 0 Å². The maximum Gasteiger partial charge on any atom is 0.180 e. The average molecular weight is 265 g/mol. The highest BCUT2D eigenvalue weighted by Gasteiger charge is 2.24. The van der Waals surface area contributed by atoms with E-state index in [4.69, 9.17) is 0 Å². The molecule has 104 valence electrons. The largest absolute Gasteiger partial charge is 0.508 e. The molecule has 1 aromatic rings. The molecule has 5 heteroatoms. The second-order valence-electron chi connectivity index (χ2n) is 4.93. The van der Waals surface area contributed by atoms with Gasteiger partial charge in [0, 0.05) is 12.1 Å². The molecule has 1 fully saturated rings. The van der Waals surface area contributed by atoms with Crippen LogP contribution >= 0.6 is 0 Å². The van der Waals surface area contributed by atoms with Gasteiger partial charge in [-0.2, -0.15) is 0 Å². The third-order valence-corrected chi connectivity index (χ3v) is 3.59. The van der Waals surface area contributed by atoms with Crippen LogP contribution in [-0.4, -0.2) is 51.7 Å². The van der Waals surface area contributed by atoms with Crippen LogP contribution in [-0.2, 0) is 0 Å². The highest BCUT2D eigenvalue weighted by molar-refractivity contribution is 6.00. The number of carbonyl (C=O) groups is 1. The summed E-state index contributed by atoms with van der Waals surface area (Å²) in [4.78, 5) is 14.1. The van der Waals surface area contributed by atoms with E-state index in [9.17, 15) is 20.1 Å². The van der Waals surface area contributed by atoms with E-state index >= 15 is 0 Å². The van der Waals surface area contributed by atoms with Crippen LogP contribution in [0, 0.1) is 0 Å². The van der Waals surface area contributed by atoms with Crippen LogP contribution in [0.15, 0.2) is 18.2 Å². The number of aliphatic hydroxyl groups excluding tert-OH is 1. The van der Waals surface area contributed by atoms with Crippen molar-refractivity contribution in [3.8, 4) is 11.5 Å². The van der Waals surface area contributed by atoms with E-state index in [1.165, 1.54) is 12.1 Å². The molecule has 1 aliphatic rings. The Labute approximate surface area is 112 Å². The van der Waals surface area contributed by atoms with Crippen LogP contribution < -0.4 is 0 Å². The van der Waals surface area contributed by atoms with Gasteiger partial charge in [0.1, 0.15) is 11.5 Å². The van der Waals surface area contributed by atoms with Gasteiger partial charge < -0.3 is 15.3 Å². The summed E-state index contributed by atoms with van der Waals surface area (Å²) >= 11 is 0. The number of phenolic OH excluding ortho intramolecular Hbond substituents is 2. The number of rotatable bonds is 4. The van der Waals surface area contributed by atoms with Gasteiger partial charge in [-0.25, -0.2) is 0 Å². The van der Waals surface area contributed by atoms with E-state index in [0.29, 0.717) is 0 Å². The van der Waals surface area contributed by atoms with E-state index in [-0.39, 0.29) is 42.0 Å². The van der Waals surface area contributed by atoms with Gasteiger partial charge >= 0.3 is 0 Å². The molecule has 0 saturated carbocycles. The van der Waals surface area contributed by atoms with Gasteiger partial charge in [0.25, 0.3) is 0 Å². The molecule has 0 bridgehead atoms. The number of ketones is 1. The quantitative estimate of drug-likeness (QED) is 0.711. The van der Waals surface area contributed by atoms with Crippen molar-refractivity contribution in [2.45, 2.75) is 25.3 Å². The molecule has 1 aliphatic heterocycles. The van der Waals surface area contributed by atoms with E-state index in [1.807, 2.05) is 4.90 Å². The monoisotopic (exact) mass is 265 g/mol. The molecule has 19 heavy (non-hydrogen) atoms. The lowest BCUT2D eigenvalue weighted by Gasteiger charge is -2.33. The van der Waals surface area contributed by atoms with Gasteiger partial charge in [-0.3, -0.25) is 9.69 Å². The molecule has 1 aromatic carbocycles. The highest BCUT2D eigenvalue weighted by atomic mass is 16.3. The van der Waals surface area contributed by atoms with E-state index in [0.717, 1.165) is 31.9 Å². The summed E-state index contributed by atoms with van der Waals surface area (Å²) in [6.07, 6.45) is 2.98. The van der Waals surface area contributed by atoms with Crippen LogP contribution in [0.3, 0.4) is 0 Å². The number of likely N-dealkylation sites (tertiary alicyclic amines) is 1. The molecular weight excluding hydrogens is 246 g/mol. The molecule has 1 atom stereocenters. The molecule has 1 unspecified atom stereocenters. The summed E-state index contributed by atoms with van der Waals surface area (Å²) in [7, 11) is 0. The second kappa shape index (κ2) is 6.04. The Balaban J connectivity index is 2.07. The van der Waals surface area contributed by atoms with Crippen LogP contribution in [0.5, 0.6) is 11.5 Å². The van der Waals surface area contributed by atoms with Crippen molar-refractivity contribution in [2.75, 3.05) is 19.7 Å². The lowest BCUT2D eigenvalue weighted by atomic mass is 10.0. The summed E-state index contributed by atoms with van der Waals surface area (Å²) < 4.78 is 0. The molecule has 3 N–H and O–H groups in total. The van der Waals surface area contributed by atoms with Crippen LogP contribution in [0.1, 0.15) is 29.6 Å². The predicted molar refractivity (Wildman–Crippen MR) is 70.4 cm³/mol. The Morgan fingerprint density at radius 2 is 2.11 bits per heavy atom. The van der Waals surface area contributed by atoms with Crippen molar-refractivity contribution >= 4 is 5.78 Å². The number of aromatic hydroxyl groups is 2. The molecule has 0 amide bonds. The van der Waals surface area contributed by atoms with Gasteiger partial charge in [-0.1, -0.05) is 6.42 Å². The van der Waals surface area contributed by atoms with Crippen LogP contribution in [0.25, 0.3) is 0 Å². The smallest absolute Gasteiger partial charge is 0.180 e. The van der Waals surface area contributed by atoms with Crippen molar-refractivity contribution in [1.29, 1.82) is 0 Å². The average Bonchev–Trinajstić information content (AvgIpc) is 2.39. The summed E-state index contributed by atoms with van der Waals surface area (Å²) in [5, 5.41) is 28.2. The Kier molecular flexibility index (Phi) is 4.39. The van der Waals surface area contributed by atoms with Crippen molar-refractivity contribution in [3.63, 3.8) is 0 Å². The fourth-order valence-electron chi connectivity index (χ4n) is 2.50. The van der Waals surface area contributed by atoms with Crippen LogP contribution in [0.4, 0.5) is 0 Å². The maximum absolute atomic E-state index is 12.1. The summed E-state index contributed by atoms with van der Waals surface area (Å²) in [5.74, 6) is -0.472. The Hall–Kier alpha value is -1.59. The van der Waals surface area contributed by atoms with E-state index in [1.54, 1.807) is 0 Å². The van der Waals surface area contributed by atoms with Gasteiger partial charge in [0.05, 0.1) is 18.7 Å². The minimum atomic E-state index is -0.206. The fraction of sp³-hybridized carbons (Fsp3) is 0.500. The number of phenols is 2. The third-order valence-electron chi connectivity index (χ3n) is 3.59. The van der Waals surface area contributed by atoms with Crippen molar-refractivity contribution in [2.24, 2.45) is 0 Å². The molecule has 0 radical (unpaired) electrons. The SMILES string of the molecule is O=C(CN1CCCCC1CO)c1ccc(O)cc1O. The molecule has 1 saturated heterocycles. The molecular formula is C14H19NO4. The Morgan fingerprint density at radius 3 is 2.79 bits per heavy atom. The predicted octanol–water partition coefficient (Wildman–Crippen LogP) is 1.13. The number of hydrogen-bond acceptors (Lipinski definition) is 5. The number of Topliss-reactive ketones (excluding diaryl/α,β-unsaturated/α-hetero) is 1. The second-order valence-corrected chi connectivity index (χ2v) is 4.93. The lowest BCUT2D eigenvalue weighted by molar-refractivity contribution is 0.0709. The van der Waals surface area contributed by atoms with Crippen LogP contribution in [0.2, 0.25) is 0 Å². The zero-order chi connectivity index (χ0) is 13.8. The van der Waals surface area contributed by atoms with E-state index < -0.39 is 0 Å². The van der Waals surface area contributed by atoms with Crippen molar-refractivity contribution in [1.82, 2.24) is 4.90 Å². The summed E-state index contributed by atoms with van der Waals surface area (Å²) in [5.41, 5.74) is 0.208. The first-order chi connectivity index (χ1) is 9.11. The van der Waals surface area contributed by atoms with Gasteiger partial charge in [0.2, 0.25) is 0 Å². The van der Waals surface area contributed by atoms with Crippen molar-refractivity contribution < 1.29 is 20.1 Å². The zero-order valence-corrected chi connectivity index (χ0v) is 10.7. The van der Waals surface area contributed by atoms with Gasteiger partial charge in [-0.05, 0) is 31.5 Å². The van der Waals surface area contributed by atoms with Crippen molar-refractivity contribution in [3.05, 3.63) is 23.8 Å². The molecule has 0 aromatic heterocycles. The summed E-state index contributed by atoms with van der Waals surface area (Å²) in [6.45, 7) is 1.02. The topological polar surface area (TPSA) is 81.0 Å². The maximum atomic E-state index is 12.1. The number of piperidine rings is 1. The number of aliphatic hydroxyl groups is 1. The molecule has 0 aliphatic carbocycles. The zero-order valence-electron chi connectivity index (χ0n) is 10.7. The minimum Gasteiger partial charge on any atom is -0.508 e. The Bertz CT molecular complexity index is 461. The Morgan fingerprint density at radius 1 is 1.32 bits per heavy atom. The number of hydrogen-bond donors (Lipinski definition) is 3. The molecule has 2 rings (SSSR count). The normalized spacial score (nSPS) is 20.4. The standard InChI is InChI=1S/C14H19NO4/c16-9-10-3-1-2-6-15(10)8-14(19)12-5-4-11(17)7-13(12)18/h4-5,7,10,16-18H,1-3,6,8-9H2. The lowest BCUT2D eigenvalue weighted by Crippen LogP contribution is -2.44. The van der Waals surface area contributed by atoms with Gasteiger partial charge in [0.15, 0.2) is 5.78 Å². The molecule has 1 heterocycles. The summed E-state index contributed by atoms with van der Waals surface area (Å²) in [6, 6.07) is 3.99. The fourth-order valence-corrected chi connectivity index (χ4v) is 2.50. The first-order valence-corrected chi connectivity index (χ1v) is 6.52. The third kappa shape index (κ3) is 3.24. The minimum absolute atomic E-state index is 0.0250.